The zero-order valence-electron chi connectivity index (χ0n) is 8.93. The first-order chi connectivity index (χ1) is 7.11. The van der Waals surface area contributed by atoms with Crippen LogP contribution in [0.4, 0.5) is 0 Å². The van der Waals surface area contributed by atoms with E-state index in [0.717, 1.165) is 21.5 Å². The normalized spacial score (nSPS) is 15.0. The summed E-state index contributed by atoms with van der Waals surface area (Å²) in [7, 11) is 0. The minimum absolute atomic E-state index is 0.0972. The number of nitrogens with one attached hydrogen (secondary N) is 1. The van der Waals surface area contributed by atoms with E-state index in [9.17, 15) is 0 Å². The fourth-order valence-electron chi connectivity index (χ4n) is 1.56. The van der Waals surface area contributed by atoms with E-state index in [-0.39, 0.29) is 6.04 Å². The second-order valence-electron chi connectivity index (χ2n) is 3.67. The van der Waals surface area contributed by atoms with Crippen molar-refractivity contribution in [3.8, 4) is 0 Å². The zero-order valence-corrected chi connectivity index (χ0v) is 11.3. The van der Waals surface area contributed by atoms with E-state index < -0.39 is 0 Å². The van der Waals surface area contributed by atoms with Crippen molar-refractivity contribution in [2.45, 2.75) is 26.3 Å². The molecule has 2 unspecified atom stereocenters. The molecule has 84 valence electrons. The van der Waals surface area contributed by atoms with Gasteiger partial charge >= 0.3 is 0 Å². The Morgan fingerprint density at radius 2 is 2.20 bits per heavy atom. The lowest BCUT2D eigenvalue weighted by atomic mass is 9.93. The van der Waals surface area contributed by atoms with Gasteiger partial charge in [-0.25, -0.2) is 0 Å². The van der Waals surface area contributed by atoms with Gasteiger partial charge in [0, 0.05) is 4.47 Å². The quantitative estimate of drug-likeness (QED) is 0.656. The van der Waals surface area contributed by atoms with Crippen LogP contribution < -0.4 is 11.3 Å². The van der Waals surface area contributed by atoms with Crippen LogP contribution in [0.1, 0.15) is 31.9 Å². The third-order valence-corrected chi connectivity index (χ3v) is 4.02. The summed E-state index contributed by atoms with van der Waals surface area (Å²) >= 11 is 9.64. The Morgan fingerprint density at radius 1 is 1.53 bits per heavy atom. The molecule has 0 bridgehead atoms. The van der Waals surface area contributed by atoms with Crippen molar-refractivity contribution in [2.24, 2.45) is 11.8 Å². The van der Waals surface area contributed by atoms with Crippen molar-refractivity contribution in [3.05, 3.63) is 33.3 Å². The maximum Gasteiger partial charge on any atom is 0.0596 e. The van der Waals surface area contributed by atoms with Gasteiger partial charge in [0.25, 0.3) is 0 Å². The molecule has 0 aliphatic carbocycles. The Hall–Kier alpha value is -0.0900. The van der Waals surface area contributed by atoms with Gasteiger partial charge in [-0.05, 0) is 33.5 Å². The van der Waals surface area contributed by atoms with Crippen molar-refractivity contribution in [2.75, 3.05) is 0 Å². The van der Waals surface area contributed by atoms with Crippen LogP contribution in [0.5, 0.6) is 0 Å². The van der Waals surface area contributed by atoms with Crippen LogP contribution in [0.2, 0.25) is 5.02 Å². The van der Waals surface area contributed by atoms with E-state index in [1.165, 1.54) is 0 Å². The number of nitrogens with two attached hydrogens (primary N) is 1. The Morgan fingerprint density at radius 3 is 2.73 bits per heavy atom. The number of hydrogen-bond acceptors (Lipinski definition) is 2. The van der Waals surface area contributed by atoms with Crippen LogP contribution in [-0.2, 0) is 0 Å². The molecular weight excluding hydrogens is 275 g/mol. The standard InChI is InChI=1S/C11H16BrClN2/c1-3-7(2)11(15-14)8-5-4-6-9(12)10(8)13/h4-7,11,15H,3,14H2,1-2H3. The number of hydrogen-bond donors (Lipinski definition) is 2. The summed E-state index contributed by atoms with van der Waals surface area (Å²) < 4.78 is 0.908. The molecule has 4 heteroatoms. The second kappa shape index (κ2) is 5.85. The summed E-state index contributed by atoms with van der Waals surface area (Å²) in [5.41, 5.74) is 3.88. The molecule has 0 aliphatic rings. The molecule has 0 saturated carbocycles. The third-order valence-electron chi connectivity index (χ3n) is 2.71. The molecule has 15 heavy (non-hydrogen) atoms. The van der Waals surface area contributed by atoms with Crippen molar-refractivity contribution in [1.29, 1.82) is 0 Å². The minimum Gasteiger partial charge on any atom is -0.271 e. The molecule has 3 N–H and O–H groups in total. The third kappa shape index (κ3) is 2.94. The molecule has 0 radical (unpaired) electrons. The second-order valence-corrected chi connectivity index (χ2v) is 4.91. The lowest BCUT2D eigenvalue weighted by Crippen LogP contribution is -2.32. The molecule has 2 nitrogen and oxygen atoms in total. The maximum atomic E-state index is 6.23. The zero-order chi connectivity index (χ0) is 11.4. The Bertz CT molecular complexity index is 330. The first-order valence-electron chi connectivity index (χ1n) is 5.01. The van der Waals surface area contributed by atoms with E-state index >= 15 is 0 Å². The Kier molecular flexibility index (Phi) is 5.06. The number of halogens is 2. The van der Waals surface area contributed by atoms with E-state index in [1.54, 1.807) is 0 Å². The molecule has 0 aliphatic heterocycles. The van der Waals surface area contributed by atoms with E-state index in [0.29, 0.717) is 5.92 Å². The van der Waals surface area contributed by atoms with Crippen molar-refractivity contribution in [1.82, 2.24) is 5.43 Å². The fraction of sp³-hybridized carbons (Fsp3) is 0.455. The van der Waals surface area contributed by atoms with E-state index in [1.807, 2.05) is 18.2 Å². The molecular formula is C11H16BrClN2. The monoisotopic (exact) mass is 290 g/mol. The van der Waals surface area contributed by atoms with Crippen LogP contribution >= 0.6 is 27.5 Å². The molecule has 2 atom stereocenters. The average Bonchev–Trinajstić information content (AvgIpc) is 2.24. The van der Waals surface area contributed by atoms with Gasteiger partial charge in [-0.15, -0.1) is 0 Å². The first kappa shape index (κ1) is 13.0. The van der Waals surface area contributed by atoms with Crippen molar-refractivity contribution >= 4 is 27.5 Å². The molecule has 0 fully saturated rings. The minimum atomic E-state index is 0.0972. The summed E-state index contributed by atoms with van der Waals surface area (Å²) in [5.74, 6) is 6.02. The molecule has 0 heterocycles. The molecule has 1 aromatic rings. The van der Waals surface area contributed by atoms with Crippen molar-refractivity contribution < 1.29 is 0 Å². The first-order valence-corrected chi connectivity index (χ1v) is 6.19. The van der Waals surface area contributed by atoms with Crippen molar-refractivity contribution in [3.63, 3.8) is 0 Å². The van der Waals surface area contributed by atoms with Gasteiger partial charge in [-0.2, -0.15) is 0 Å². The van der Waals surface area contributed by atoms with Crippen LogP contribution in [0, 0.1) is 5.92 Å². The number of rotatable bonds is 4. The largest absolute Gasteiger partial charge is 0.271 e. The smallest absolute Gasteiger partial charge is 0.0596 e. The summed E-state index contributed by atoms with van der Waals surface area (Å²) in [5, 5.41) is 0.737. The summed E-state index contributed by atoms with van der Waals surface area (Å²) in [6, 6.07) is 6.00. The van der Waals surface area contributed by atoms with E-state index in [4.69, 9.17) is 17.4 Å². The molecule has 0 aromatic heterocycles. The highest BCUT2D eigenvalue weighted by molar-refractivity contribution is 9.10. The van der Waals surface area contributed by atoms with E-state index in [2.05, 4.69) is 35.2 Å². The van der Waals surface area contributed by atoms with Gasteiger partial charge in [0.1, 0.15) is 0 Å². The highest BCUT2D eigenvalue weighted by Crippen LogP contribution is 2.33. The van der Waals surface area contributed by atoms with Crippen LogP contribution in [-0.4, -0.2) is 0 Å². The van der Waals surface area contributed by atoms with Gasteiger partial charge in [0.2, 0.25) is 0 Å². The predicted octanol–water partition coefficient (Wildman–Crippen LogP) is 3.65. The highest BCUT2D eigenvalue weighted by atomic mass is 79.9. The number of benzene rings is 1. The molecule has 1 aromatic carbocycles. The fourth-order valence-corrected chi connectivity index (χ4v) is 2.18. The Balaban J connectivity index is 3.07. The molecule has 0 saturated heterocycles. The highest BCUT2D eigenvalue weighted by Gasteiger charge is 2.19. The van der Waals surface area contributed by atoms with Gasteiger partial charge in [-0.3, -0.25) is 11.3 Å². The summed E-state index contributed by atoms with van der Waals surface area (Å²) in [6.45, 7) is 4.29. The van der Waals surface area contributed by atoms with Crippen LogP contribution in [0.3, 0.4) is 0 Å². The predicted molar refractivity (Wildman–Crippen MR) is 68.7 cm³/mol. The Labute approximate surface area is 104 Å². The SMILES string of the molecule is CCC(C)C(NN)c1cccc(Br)c1Cl. The lowest BCUT2D eigenvalue weighted by Gasteiger charge is -2.23. The molecule has 0 amide bonds. The molecule has 0 spiro atoms. The van der Waals surface area contributed by atoms with Crippen LogP contribution in [0.15, 0.2) is 22.7 Å². The van der Waals surface area contributed by atoms with Gasteiger partial charge < -0.3 is 0 Å². The lowest BCUT2D eigenvalue weighted by molar-refractivity contribution is 0.383. The summed E-state index contributed by atoms with van der Waals surface area (Å²) in [6.07, 6.45) is 1.05. The van der Waals surface area contributed by atoms with Gasteiger partial charge in [0.15, 0.2) is 0 Å². The van der Waals surface area contributed by atoms with Gasteiger partial charge in [0.05, 0.1) is 11.1 Å². The number of hydrazine groups is 1. The maximum absolute atomic E-state index is 6.23. The topological polar surface area (TPSA) is 38.0 Å². The average molecular weight is 292 g/mol. The summed E-state index contributed by atoms with van der Waals surface area (Å²) in [4.78, 5) is 0. The van der Waals surface area contributed by atoms with Gasteiger partial charge in [-0.1, -0.05) is 44.0 Å². The molecule has 1 rings (SSSR count). The van der Waals surface area contributed by atoms with Crippen LogP contribution in [0.25, 0.3) is 0 Å².